The van der Waals surface area contributed by atoms with Gasteiger partial charge in [-0.05, 0) is 0 Å². The zero-order valence-corrected chi connectivity index (χ0v) is 13.1. The second kappa shape index (κ2) is 7.07. The number of carbonyl (C=O) groups is 2. The van der Waals surface area contributed by atoms with Gasteiger partial charge in [0.05, 0.1) is 0 Å². The minimum absolute atomic E-state index is 0.0912. The Bertz CT molecular complexity index is 466. The zero-order valence-electron chi connectivity index (χ0n) is 13.1. The van der Waals surface area contributed by atoms with Crippen molar-refractivity contribution >= 4 is 19.2 Å². The maximum atomic E-state index is 12.0. The SMILES string of the molecule is CCOC(=O)C(C(=O)OCC)=C1CC2(C1)CC(COB=N)C2. The second-order valence-electron chi connectivity index (χ2n) is 6.00. The number of ether oxygens (including phenoxy) is 2. The summed E-state index contributed by atoms with van der Waals surface area (Å²) < 4.78 is 15.0. The van der Waals surface area contributed by atoms with Crippen LogP contribution in [0.1, 0.15) is 39.5 Å². The van der Waals surface area contributed by atoms with Gasteiger partial charge in [0.1, 0.15) is 0 Å². The van der Waals surface area contributed by atoms with Gasteiger partial charge in [0.2, 0.25) is 0 Å². The quantitative estimate of drug-likeness (QED) is 0.256. The molecule has 1 N–H and O–H groups in total. The Morgan fingerprint density at radius 1 is 1.18 bits per heavy atom. The van der Waals surface area contributed by atoms with Gasteiger partial charge in [0, 0.05) is 0 Å². The summed E-state index contributed by atoms with van der Waals surface area (Å²) in [6.45, 7) is 4.49. The normalized spacial score (nSPS) is 25.5. The van der Waals surface area contributed by atoms with Gasteiger partial charge in [-0.25, -0.2) is 0 Å². The van der Waals surface area contributed by atoms with E-state index in [2.05, 4.69) is 0 Å². The average molecular weight is 307 g/mol. The first-order valence-electron chi connectivity index (χ1n) is 7.72. The fraction of sp³-hybridized carbons (Fsp3) is 0.733. The molecule has 1 spiro atoms. The predicted octanol–water partition coefficient (Wildman–Crippen LogP) is 2.00. The summed E-state index contributed by atoms with van der Waals surface area (Å²) in [4.78, 5) is 24.0. The van der Waals surface area contributed by atoms with Gasteiger partial charge < -0.3 is 0 Å². The van der Waals surface area contributed by atoms with Crippen LogP contribution in [0.3, 0.4) is 0 Å². The van der Waals surface area contributed by atoms with Crippen LogP contribution < -0.4 is 0 Å². The van der Waals surface area contributed by atoms with E-state index in [1.807, 2.05) is 0 Å². The molecule has 2 rings (SSSR count). The van der Waals surface area contributed by atoms with E-state index in [1.165, 1.54) is 0 Å². The van der Waals surface area contributed by atoms with E-state index in [0.717, 1.165) is 38.5 Å². The van der Waals surface area contributed by atoms with Crippen molar-refractivity contribution in [3.8, 4) is 0 Å². The van der Waals surface area contributed by atoms with Crippen LogP contribution in [0.2, 0.25) is 0 Å². The van der Waals surface area contributed by atoms with Gasteiger partial charge >= 0.3 is 130 Å². The molecular formula is C15H22BNO5. The van der Waals surface area contributed by atoms with Gasteiger partial charge in [-0.15, -0.1) is 0 Å². The summed E-state index contributed by atoms with van der Waals surface area (Å²) in [7, 11) is 0.969. The van der Waals surface area contributed by atoms with Crippen molar-refractivity contribution in [3.63, 3.8) is 0 Å². The van der Waals surface area contributed by atoms with Gasteiger partial charge in [0.25, 0.3) is 0 Å². The average Bonchev–Trinajstić information content (AvgIpc) is 2.39. The van der Waals surface area contributed by atoms with E-state index in [9.17, 15) is 9.59 Å². The van der Waals surface area contributed by atoms with Gasteiger partial charge in [-0.1, -0.05) is 0 Å². The summed E-state index contributed by atoms with van der Waals surface area (Å²) in [6, 6.07) is 0. The van der Waals surface area contributed by atoms with Gasteiger partial charge in [-0.2, -0.15) is 0 Å². The summed E-state index contributed by atoms with van der Waals surface area (Å²) >= 11 is 0. The van der Waals surface area contributed by atoms with Crippen molar-refractivity contribution in [2.75, 3.05) is 19.8 Å². The van der Waals surface area contributed by atoms with E-state index in [1.54, 1.807) is 13.8 Å². The molecule has 0 bridgehead atoms. The number of rotatable bonds is 7. The fourth-order valence-corrected chi connectivity index (χ4v) is 3.56. The molecule has 0 aromatic rings. The Kier molecular flexibility index (Phi) is 5.37. The van der Waals surface area contributed by atoms with Crippen LogP contribution in [-0.4, -0.2) is 39.0 Å². The molecule has 6 nitrogen and oxygen atoms in total. The molecule has 2 aliphatic carbocycles. The Hall–Kier alpha value is -1.66. The summed E-state index contributed by atoms with van der Waals surface area (Å²) in [5, 5.41) is 6.86. The van der Waals surface area contributed by atoms with E-state index >= 15 is 0 Å². The fourth-order valence-electron chi connectivity index (χ4n) is 3.56. The standard InChI is InChI=1S/C15H22BNO5/c1-3-20-13(18)12(14(19)21-4-2)11-7-15(8-11)5-10(6-15)9-22-16-17/h10,17H,3-9H2,1-2H3. The third kappa shape index (κ3) is 3.39. The number of nitrogens with one attached hydrogen (secondary N) is 1. The Morgan fingerprint density at radius 3 is 2.18 bits per heavy atom. The molecule has 0 aliphatic heterocycles. The van der Waals surface area contributed by atoms with Crippen LogP contribution in [-0.2, 0) is 23.7 Å². The molecule has 22 heavy (non-hydrogen) atoms. The molecule has 2 saturated carbocycles. The molecule has 0 radical (unpaired) electrons. The number of allylic oxidation sites excluding steroid dienone is 1. The van der Waals surface area contributed by atoms with Crippen molar-refractivity contribution in [2.24, 2.45) is 11.3 Å². The molecule has 2 aliphatic rings. The Labute approximate surface area is 131 Å². The van der Waals surface area contributed by atoms with E-state index < -0.39 is 11.9 Å². The Balaban J connectivity index is 1.98. The molecule has 0 aromatic heterocycles. The number of carbonyl (C=O) groups excluding carboxylic acids is 2. The van der Waals surface area contributed by atoms with Crippen LogP contribution in [0, 0.1) is 16.6 Å². The van der Waals surface area contributed by atoms with Crippen molar-refractivity contribution in [1.29, 1.82) is 5.31 Å². The van der Waals surface area contributed by atoms with E-state index in [-0.39, 0.29) is 24.2 Å². The first-order valence-corrected chi connectivity index (χ1v) is 7.72. The van der Waals surface area contributed by atoms with Crippen LogP contribution in [0.25, 0.3) is 0 Å². The van der Waals surface area contributed by atoms with Gasteiger partial charge in [0.15, 0.2) is 0 Å². The van der Waals surface area contributed by atoms with Crippen LogP contribution in [0.5, 0.6) is 0 Å². The summed E-state index contributed by atoms with van der Waals surface area (Å²) in [5.41, 5.74) is 1.15. The van der Waals surface area contributed by atoms with Crippen LogP contribution in [0.15, 0.2) is 11.1 Å². The topological polar surface area (TPSA) is 85.7 Å². The zero-order chi connectivity index (χ0) is 16.2. The molecule has 120 valence electrons. The van der Waals surface area contributed by atoms with Gasteiger partial charge in [-0.3, -0.25) is 0 Å². The third-order valence-corrected chi connectivity index (χ3v) is 4.35. The Morgan fingerprint density at radius 2 is 1.73 bits per heavy atom. The molecule has 2 fully saturated rings. The monoisotopic (exact) mass is 307 g/mol. The first kappa shape index (κ1) is 16.7. The molecule has 7 heteroatoms. The van der Waals surface area contributed by atoms with Crippen molar-refractivity contribution in [1.82, 2.24) is 0 Å². The molecule has 0 heterocycles. The summed E-state index contributed by atoms with van der Waals surface area (Å²) in [6.07, 6.45) is 3.54. The molecular weight excluding hydrogens is 285 g/mol. The van der Waals surface area contributed by atoms with Crippen LogP contribution >= 0.6 is 0 Å². The van der Waals surface area contributed by atoms with Crippen molar-refractivity contribution < 1.29 is 23.7 Å². The number of esters is 2. The van der Waals surface area contributed by atoms with Crippen LogP contribution in [0.4, 0.5) is 0 Å². The molecule has 0 amide bonds. The van der Waals surface area contributed by atoms with E-state index in [4.69, 9.17) is 19.4 Å². The second-order valence-corrected chi connectivity index (χ2v) is 6.00. The third-order valence-electron chi connectivity index (χ3n) is 4.35. The molecule has 0 unspecified atom stereocenters. The maximum absolute atomic E-state index is 12.0. The number of hydrogen-bond donors (Lipinski definition) is 1. The molecule has 0 aromatic carbocycles. The predicted molar refractivity (Wildman–Crippen MR) is 79.1 cm³/mol. The van der Waals surface area contributed by atoms with E-state index in [0.29, 0.717) is 12.5 Å². The van der Waals surface area contributed by atoms with Crippen molar-refractivity contribution in [2.45, 2.75) is 39.5 Å². The minimum atomic E-state index is -0.575. The first-order chi connectivity index (χ1) is 10.5. The summed E-state index contributed by atoms with van der Waals surface area (Å²) in [5.74, 6) is -0.681. The number of hydrogen-bond acceptors (Lipinski definition) is 6. The molecule has 0 saturated heterocycles. The van der Waals surface area contributed by atoms with Crippen molar-refractivity contribution in [3.05, 3.63) is 11.1 Å². The molecule has 0 atom stereocenters.